The second kappa shape index (κ2) is 4.77. The van der Waals surface area contributed by atoms with Gasteiger partial charge in [0, 0.05) is 6.54 Å². The van der Waals surface area contributed by atoms with E-state index >= 15 is 0 Å². The Morgan fingerprint density at radius 3 is 2.20 bits per heavy atom. The van der Waals surface area contributed by atoms with E-state index in [-0.39, 0.29) is 0 Å². The molecule has 0 saturated heterocycles. The molecular formula is C11H17NO2S. The van der Waals surface area contributed by atoms with Crippen molar-refractivity contribution < 1.29 is 8.42 Å². The van der Waals surface area contributed by atoms with Gasteiger partial charge in [-0.3, -0.25) is 0 Å². The molecule has 84 valence electrons. The van der Waals surface area contributed by atoms with Crippen molar-refractivity contribution in [2.24, 2.45) is 5.92 Å². The normalized spacial score (nSPS) is 12.0. The number of aryl methyl sites for hydroxylation is 1. The van der Waals surface area contributed by atoms with Crippen molar-refractivity contribution in [1.82, 2.24) is 4.72 Å². The average Bonchev–Trinajstić information content (AvgIpc) is 2.16. The van der Waals surface area contributed by atoms with E-state index in [0.29, 0.717) is 17.4 Å². The molecule has 1 rings (SSSR count). The van der Waals surface area contributed by atoms with Crippen molar-refractivity contribution in [1.29, 1.82) is 0 Å². The number of sulfonamides is 1. The van der Waals surface area contributed by atoms with Crippen LogP contribution in [0.5, 0.6) is 0 Å². The molecule has 0 amide bonds. The molecule has 0 saturated carbocycles. The molecular weight excluding hydrogens is 210 g/mol. The van der Waals surface area contributed by atoms with Crippen LogP contribution in [0.2, 0.25) is 0 Å². The topological polar surface area (TPSA) is 46.2 Å². The number of hydrogen-bond donors (Lipinski definition) is 1. The minimum Gasteiger partial charge on any atom is -0.211 e. The van der Waals surface area contributed by atoms with Crippen molar-refractivity contribution in [3.63, 3.8) is 0 Å². The Hall–Kier alpha value is -0.870. The Morgan fingerprint density at radius 1 is 1.20 bits per heavy atom. The molecule has 0 aromatic heterocycles. The van der Waals surface area contributed by atoms with Crippen LogP contribution in [-0.4, -0.2) is 15.0 Å². The maximum Gasteiger partial charge on any atom is 0.240 e. The molecule has 0 fully saturated rings. The van der Waals surface area contributed by atoms with Crippen LogP contribution in [-0.2, 0) is 10.0 Å². The minimum absolute atomic E-state index is 0.310. The molecule has 0 radical (unpaired) electrons. The van der Waals surface area contributed by atoms with Crippen molar-refractivity contribution >= 4 is 10.0 Å². The van der Waals surface area contributed by atoms with E-state index < -0.39 is 10.0 Å². The van der Waals surface area contributed by atoms with Gasteiger partial charge in [-0.2, -0.15) is 0 Å². The first-order valence-corrected chi connectivity index (χ1v) is 6.46. The van der Waals surface area contributed by atoms with Gasteiger partial charge < -0.3 is 0 Å². The third-order valence-corrected chi connectivity index (χ3v) is 3.45. The van der Waals surface area contributed by atoms with Crippen LogP contribution in [0.1, 0.15) is 19.4 Å². The molecule has 0 spiro atoms. The van der Waals surface area contributed by atoms with Crippen LogP contribution in [0.3, 0.4) is 0 Å². The summed E-state index contributed by atoms with van der Waals surface area (Å²) in [5.41, 5.74) is 1.05. The summed E-state index contributed by atoms with van der Waals surface area (Å²) in [7, 11) is -3.32. The maximum atomic E-state index is 11.7. The van der Waals surface area contributed by atoms with Gasteiger partial charge in [-0.1, -0.05) is 31.5 Å². The first kappa shape index (κ1) is 12.2. The van der Waals surface area contributed by atoms with Gasteiger partial charge in [-0.15, -0.1) is 0 Å². The van der Waals surface area contributed by atoms with E-state index in [1.165, 1.54) is 0 Å². The molecule has 0 heterocycles. The van der Waals surface area contributed by atoms with Crippen LogP contribution in [0, 0.1) is 12.8 Å². The largest absolute Gasteiger partial charge is 0.240 e. The van der Waals surface area contributed by atoms with Crippen LogP contribution < -0.4 is 4.72 Å². The molecule has 1 aromatic rings. The molecule has 0 bridgehead atoms. The lowest BCUT2D eigenvalue weighted by Gasteiger charge is -2.08. The highest BCUT2D eigenvalue weighted by Crippen LogP contribution is 2.09. The lowest BCUT2D eigenvalue weighted by atomic mass is 10.2. The fourth-order valence-electron chi connectivity index (χ4n) is 1.08. The molecule has 0 aliphatic heterocycles. The zero-order valence-corrected chi connectivity index (χ0v) is 10.1. The quantitative estimate of drug-likeness (QED) is 0.854. The van der Waals surface area contributed by atoms with E-state index in [1.54, 1.807) is 24.3 Å². The summed E-state index contributed by atoms with van der Waals surface area (Å²) in [5, 5.41) is 0. The lowest BCUT2D eigenvalue weighted by molar-refractivity contribution is 0.560. The van der Waals surface area contributed by atoms with E-state index in [2.05, 4.69) is 4.72 Å². The highest BCUT2D eigenvalue weighted by atomic mass is 32.2. The summed E-state index contributed by atoms with van der Waals surface area (Å²) in [6, 6.07) is 6.84. The monoisotopic (exact) mass is 227 g/mol. The minimum atomic E-state index is -3.32. The van der Waals surface area contributed by atoms with Crippen LogP contribution in [0.25, 0.3) is 0 Å². The summed E-state index contributed by atoms with van der Waals surface area (Å²) >= 11 is 0. The Morgan fingerprint density at radius 2 is 1.73 bits per heavy atom. The fraction of sp³-hybridized carbons (Fsp3) is 0.455. The van der Waals surface area contributed by atoms with Gasteiger partial charge in [0.15, 0.2) is 0 Å². The standard InChI is InChI=1S/C11H17NO2S/c1-9(2)8-12-15(13,14)11-6-4-10(3)5-7-11/h4-7,9,12H,8H2,1-3H3. The van der Waals surface area contributed by atoms with Gasteiger partial charge in [-0.05, 0) is 25.0 Å². The number of hydrogen-bond acceptors (Lipinski definition) is 2. The molecule has 3 nitrogen and oxygen atoms in total. The Bertz CT molecular complexity index is 407. The van der Waals surface area contributed by atoms with Crippen LogP contribution >= 0.6 is 0 Å². The molecule has 0 aliphatic rings. The predicted octanol–water partition coefficient (Wildman–Crippen LogP) is 1.93. The average molecular weight is 227 g/mol. The highest BCUT2D eigenvalue weighted by Gasteiger charge is 2.13. The Kier molecular flexibility index (Phi) is 3.88. The molecule has 1 N–H and O–H groups in total. The first-order chi connectivity index (χ1) is 6.92. The zero-order valence-electron chi connectivity index (χ0n) is 9.32. The first-order valence-electron chi connectivity index (χ1n) is 4.98. The van der Waals surface area contributed by atoms with Crippen molar-refractivity contribution in [3.8, 4) is 0 Å². The van der Waals surface area contributed by atoms with Gasteiger partial charge >= 0.3 is 0 Å². The van der Waals surface area contributed by atoms with Gasteiger partial charge in [0.1, 0.15) is 0 Å². The lowest BCUT2D eigenvalue weighted by Crippen LogP contribution is -2.27. The van der Waals surface area contributed by atoms with E-state index in [1.807, 2.05) is 20.8 Å². The molecule has 4 heteroatoms. The van der Waals surface area contributed by atoms with E-state index in [0.717, 1.165) is 5.56 Å². The van der Waals surface area contributed by atoms with Gasteiger partial charge in [0.05, 0.1) is 4.90 Å². The smallest absolute Gasteiger partial charge is 0.211 e. The van der Waals surface area contributed by atoms with Crippen molar-refractivity contribution in [2.45, 2.75) is 25.7 Å². The van der Waals surface area contributed by atoms with Crippen molar-refractivity contribution in [2.75, 3.05) is 6.54 Å². The molecule has 15 heavy (non-hydrogen) atoms. The summed E-state index contributed by atoms with van der Waals surface area (Å²) in [6.45, 7) is 6.34. The van der Waals surface area contributed by atoms with Crippen LogP contribution in [0.4, 0.5) is 0 Å². The number of benzene rings is 1. The number of nitrogens with one attached hydrogen (secondary N) is 1. The third kappa shape index (κ3) is 3.64. The van der Waals surface area contributed by atoms with E-state index in [9.17, 15) is 8.42 Å². The Labute approximate surface area is 91.6 Å². The predicted molar refractivity (Wildman–Crippen MR) is 61.2 cm³/mol. The highest BCUT2D eigenvalue weighted by molar-refractivity contribution is 7.89. The van der Waals surface area contributed by atoms with Gasteiger partial charge in [0.25, 0.3) is 0 Å². The Balaban J connectivity index is 2.82. The van der Waals surface area contributed by atoms with Crippen molar-refractivity contribution in [3.05, 3.63) is 29.8 Å². The van der Waals surface area contributed by atoms with Gasteiger partial charge in [0.2, 0.25) is 10.0 Å². The summed E-state index contributed by atoms with van der Waals surface area (Å²) < 4.78 is 26.0. The maximum absolute atomic E-state index is 11.7. The summed E-state index contributed by atoms with van der Waals surface area (Å²) in [4.78, 5) is 0.328. The number of rotatable bonds is 4. The van der Waals surface area contributed by atoms with Crippen LogP contribution in [0.15, 0.2) is 29.2 Å². The molecule has 0 aliphatic carbocycles. The second-order valence-corrected chi connectivity index (χ2v) is 5.83. The SMILES string of the molecule is Cc1ccc(S(=O)(=O)NCC(C)C)cc1. The van der Waals surface area contributed by atoms with E-state index in [4.69, 9.17) is 0 Å². The second-order valence-electron chi connectivity index (χ2n) is 4.06. The third-order valence-electron chi connectivity index (χ3n) is 2.01. The summed E-state index contributed by atoms with van der Waals surface area (Å²) in [6.07, 6.45) is 0. The molecule has 1 aromatic carbocycles. The fourth-order valence-corrected chi connectivity index (χ4v) is 2.29. The molecule has 0 unspecified atom stereocenters. The van der Waals surface area contributed by atoms with Gasteiger partial charge in [-0.25, -0.2) is 13.1 Å². The molecule has 0 atom stereocenters. The zero-order chi connectivity index (χ0) is 11.5. The summed E-state index contributed by atoms with van der Waals surface area (Å²) in [5.74, 6) is 0.310.